The van der Waals surface area contributed by atoms with E-state index in [0.717, 1.165) is 12.2 Å². The molecule has 1 aromatic heterocycles. The van der Waals surface area contributed by atoms with Crippen molar-refractivity contribution in [1.29, 1.82) is 0 Å². The molecule has 0 amide bonds. The molecule has 1 saturated carbocycles. The molecule has 1 aliphatic carbocycles. The van der Waals surface area contributed by atoms with Crippen molar-refractivity contribution in [2.24, 2.45) is 10.8 Å². The highest BCUT2D eigenvalue weighted by molar-refractivity contribution is 5.18. The average molecular weight is 193 g/mol. The van der Waals surface area contributed by atoms with Crippen molar-refractivity contribution in [3.63, 3.8) is 0 Å². The predicted molar refractivity (Wildman–Crippen MR) is 56.8 cm³/mol. The summed E-state index contributed by atoms with van der Waals surface area (Å²) in [6, 6.07) is 0.610. The standard InChI is InChI=1S/C11H19N3/c1-10(2)9(11(10,3)4)13-6-8-5-12-7-14-8/h5,7,9,13H,6H2,1-4H3,(H,12,14). The van der Waals surface area contributed by atoms with E-state index in [4.69, 9.17) is 0 Å². The van der Waals surface area contributed by atoms with Gasteiger partial charge >= 0.3 is 0 Å². The summed E-state index contributed by atoms with van der Waals surface area (Å²) in [5.74, 6) is 0. The van der Waals surface area contributed by atoms with Crippen LogP contribution in [0.3, 0.4) is 0 Å². The number of aromatic nitrogens is 2. The fraction of sp³-hybridized carbons (Fsp3) is 0.727. The van der Waals surface area contributed by atoms with Crippen LogP contribution in [0.15, 0.2) is 12.5 Å². The Kier molecular flexibility index (Phi) is 1.96. The van der Waals surface area contributed by atoms with Crippen LogP contribution in [-0.4, -0.2) is 16.0 Å². The van der Waals surface area contributed by atoms with Gasteiger partial charge in [-0.2, -0.15) is 0 Å². The number of rotatable bonds is 3. The molecule has 0 bridgehead atoms. The van der Waals surface area contributed by atoms with E-state index in [1.54, 1.807) is 6.33 Å². The van der Waals surface area contributed by atoms with Gasteiger partial charge in [-0.3, -0.25) is 0 Å². The highest BCUT2D eigenvalue weighted by atomic mass is 15.1. The Balaban J connectivity index is 1.90. The first-order valence-corrected chi connectivity index (χ1v) is 5.17. The Hall–Kier alpha value is -0.830. The van der Waals surface area contributed by atoms with Crippen molar-refractivity contribution in [2.45, 2.75) is 40.3 Å². The molecule has 1 aliphatic rings. The normalized spacial score (nSPS) is 23.7. The van der Waals surface area contributed by atoms with Crippen LogP contribution in [0.4, 0.5) is 0 Å². The van der Waals surface area contributed by atoms with Crippen LogP contribution in [0.25, 0.3) is 0 Å². The summed E-state index contributed by atoms with van der Waals surface area (Å²) in [6.07, 6.45) is 3.59. The minimum Gasteiger partial charge on any atom is -0.347 e. The molecule has 1 aromatic rings. The molecule has 2 N–H and O–H groups in total. The monoisotopic (exact) mass is 193 g/mol. The minimum absolute atomic E-state index is 0.410. The van der Waals surface area contributed by atoms with E-state index >= 15 is 0 Å². The summed E-state index contributed by atoms with van der Waals surface area (Å²) in [5, 5.41) is 3.57. The molecule has 0 unspecified atom stereocenters. The molecule has 3 heteroatoms. The first kappa shape index (κ1) is 9.71. The SMILES string of the molecule is CC1(C)C(NCc2cnc[nH]2)C1(C)C. The van der Waals surface area contributed by atoms with Gasteiger partial charge in [-0.1, -0.05) is 27.7 Å². The number of nitrogens with one attached hydrogen (secondary N) is 2. The molecule has 2 rings (SSSR count). The molecule has 0 radical (unpaired) electrons. The van der Waals surface area contributed by atoms with Crippen LogP contribution >= 0.6 is 0 Å². The van der Waals surface area contributed by atoms with Crippen LogP contribution in [0.1, 0.15) is 33.4 Å². The Morgan fingerprint density at radius 1 is 1.36 bits per heavy atom. The van der Waals surface area contributed by atoms with E-state index in [9.17, 15) is 0 Å². The maximum atomic E-state index is 4.00. The zero-order valence-electron chi connectivity index (χ0n) is 9.39. The number of aromatic amines is 1. The topological polar surface area (TPSA) is 40.7 Å². The maximum Gasteiger partial charge on any atom is 0.0922 e. The number of nitrogens with zero attached hydrogens (tertiary/aromatic N) is 1. The van der Waals surface area contributed by atoms with E-state index in [2.05, 4.69) is 43.0 Å². The Morgan fingerprint density at radius 2 is 2.00 bits per heavy atom. The van der Waals surface area contributed by atoms with Crippen molar-refractivity contribution in [1.82, 2.24) is 15.3 Å². The van der Waals surface area contributed by atoms with Gasteiger partial charge < -0.3 is 10.3 Å². The van der Waals surface area contributed by atoms with E-state index in [1.165, 1.54) is 0 Å². The van der Waals surface area contributed by atoms with E-state index in [0.29, 0.717) is 16.9 Å². The molecule has 0 spiro atoms. The summed E-state index contributed by atoms with van der Waals surface area (Å²) in [5.41, 5.74) is 1.98. The lowest BCUT2D eigenvalue weighted by Gasteiger charge is -2.03. The summed E-state index contributed by atoms with van der Waals surface area (Å²) in [4.78, 5) is 7.10. The first-order chi connectivity index (χ1) is 6.46. The van der Waals surface area contributed by atoms with Crippen LogP contribution < -0.4 is 5.32 Å². The Bertz CT molecular complexity index is 297. The maximum absolute atomic E-state index is 4.00. The van der Waals surface area contributed by atoms with Crippen molar-refractivity contribution >= 4 is 0 Å². The zero-order valence-corrected chi connectivity index (χ0v) is 9.39. The largest absolute Gasteiger partial charge is 0.347 e. The van der Waals surface area contributed by atoms with Crippen molar-refractivity contribution < 1.29 is 0 Å². The van der Waals surface area contributed by atoms with Gasteiger partial charge in [0.2, 0.25) is 0 Å². The van der Waals surface area contributed by atoms with E-state index in [-0.39, 0.29) is 0 Å². The average Bonchev–Trinajstić information content (AvgIpc) is 2.54. The molecule has 1 fully saturated rings. The number of imidazole rings is 1. The molecule has 0 saturated heterocycles. The van der Waals surface area contributed by atoms with Gasteiger partial charge in [0.25, 0.3) is 0 Å². The van der Waals surface area contributed by atoms with Gasteiger partial charge in [-0.05, 0) is 10.8 Å². The lowest BCUT2D eigenvalue weighted by Crippen LogP contribution is -2.21. The summed E-state index contributed by atoms with van der Waals surface area (Å²) < 4.78 is 0. The first-order valence-electron chi connectivity index (χ1n) is 5.17. The van der Waals surface area contributed by atoms with Crippen LogP contribution in [0.5, 0.6) is 0 Å². The van der Waals surface area contributed by atoms with Crippen molar-refractivity contribution in [3.8, 4) is 0 Å². The molecule has 0 aliphatic heterocycles. The second kappa shape index (κ2) is 2.83. The highest BCUT2D eigenvalue weighted by Crippen LogP contribution is 2.62. The molecule has 1 heterocycles. The van der Waals surface area contributed by atoms with Gasteiger partial charge in [0.15, 0.2) is 0 Å². The van der Waals surface area contributed by atoms with Gasteiger partial charge in [-0.15, -0.1) is 0 Å². The molecule has 0 atom stereocenters. The third-order valence-electron chi connectivity index (χ3n) is 4.07. The summed E-state index contributed by atoms with van der Waals surface area (Å²) in [6.45, 7) is 10.2. The number of hydrogen-bond acceptors (Lipinski definition) is 2. The minimum atomic E-state index is 0.410. The van der Waals surface area contributed by atoms with Crippen LogP contribution in [-0.2, 0) is 6.54 Å². The molecule has 78 valence electrons. The summed E-state index contributed by atoms with van der Waals surface area (Å²) >= 11 is 0. The fourth-order valence-electron chi connectivity index (χ4n) is 2.30. The quantitative estimate of drug-likeness (QED) is 0.770. The van der Waals surface area contributed by atoms with Gasteiger partial charge in [0, 0.05) is 24.5 Å². The van der Waals surface area contributed by atoms with Crippen molar-refractivity contribution in [2.75, 3.05) is 0 Å². The van der Waals surface area contributed by atoms with E-state index in [1.807, 2.05) is 6.20 Å². The van der Waals surface area contributed by atoms with Crippen molar-refractivity contribution in [3.05, 3.63) is 18.2 Å². The van der Waals surface area contributed by atoms with Crippen LogP contribution in [0.2, 0.25) is 0 Å². The zero-order chi connectivity index (χ0) is 10.4. The highest BCUT2D eigenvalue weighted by Gasteiger charge is 2.64. The molecule has 14 heavy (non-hydrogen) atoms. The lowest BCUT2D eigenvalue weighted by atomic mass is 10.0. The van der Waals surface area contributed by atoms with Gasteiger partial charge in [0.05, 0.1) is 6.33 Å². The number of hydrogen-bond donors (Lipinski definition) is 2. The molecular weight excluding hydrogens is 174 g/mol. The second-order valence-electron chi connectivity index (χ2n) is 5.33. The summed E-state index contributed by atoms with van der Waals surface area (Å²) in [7, 11) is 0. The van der Waals surface area contributed by atoms with Gasteiger partial charge in [0.1, 0.15) is 0 Å². The van der Waals surface area contributed by atoms with Crippen LogP contribution in [0, 0.1) is 10.8 Å². The Labute approximate surface area is 85.3 Å². The number of H-pyrrole nitrogens is 1. The lowest BCUT2D eigenvalue weighted by molar-refractivity contribution is 0.457. The predicted octanol–water partition coefficient (Wildman–Crippen LogP) is 1.93. The van der Waals surface area contributed by atoms with Gasteiger partial charge in [-0.25, -0.2) is 4.98 Å². The Morgan fingerprint density at radius 3 is 2.43 bits per heavy atom. The third kappa shape index (κ3) is 1.27. The second-order valence-corrected chi connectivity index (χ2v) is 5.33. The molecule has 3 nitrogen and oxygen atoms in total. The third-order valence-corrected chi connectivity index (χ3v) is 4.07. The molecular formula is C11H19N3. The molecule has 0 aromatic carbocycles. The van der Waals surface area contributed by atoms with E-state index < -0.39 is 0 Å². The fourth-order valence-corrected chi connectivity index (χ4v) is 2.30. The smallest absolute Gasteiger partial charge is 0.0922 e.